The van der Waals surface area contributed by atoms with Crippen LogP contribution in [0.15, 0.2) is 78.0 Å². The molecule has 4 aromatic rings. The molecular weight excluding hydrogens is 920 g/mol. The van der Waals surface area contributed by atoms with Gasteiger partial charge in [0.15, 0.2) is 22.3 Å². The number of carbonyl (C=O) groups is 5. The fourth-order valence-electron chi connectivity index (χ4n) is 7.33. The molecule has 0 aliphatic carbocycles. The van der Waals surface area contributed by atoms with E-state index in [0.29, 0.717) is 42.2 Å². The molecule has 1 aromatic heterocycles. The Labute approximate surface area is 399 Å². The third-order valence-corrected chi connectivity index (χ3v) is 13.6. The number of nitrogens with one attached hydrogen (secondary N) is 4. The second kappa shape index (κ2) is 22.9. The van der Waals surface area contributed by atoms with Crippen LogP contribution in [0.3, 0.4) is 0 Å². The van der Waals surface area contributed by atoms with Crippen molar-refractivity contribution < 1.29 is 51.3 Å². The van der Waals surface area contributed by atoms with Crippen LogP contribution in [0.5, 0.6) is 11.5 Å². The Morgan fingerprint density at radius 1 is 0.985 bits per heavy atom. The van der Waals surface area contributed by atoms with Crippen molar-refractivity contribution >= 4 is 74.1 Å². The zero-order valence-corrected chi connectivity index (χ0v) is 40.1. The molecule has 0 saturated carbocycles. The number of hydrogen-bond donors (Lipinski definition) is 4. The SMILES string of the molecule is C=C1CCC(N2C(=O)c3cccc(OCC(=O)NCCOCCOCCC(=O)N(C)CCc4cc(OC)c(Nc5ncc(Cl)c(Nc6ccccc6S(=O)(=O)C(C)C)n5)cc4C)c3C2=O)C(=O)N1. The van der Waals surface area contributed by atoms with Crippen molar-refractivity contribution in [2.45, 2.75) is 62.6 Å². The number of allylic oxidation sites excluding steroid dienone is 1. The van der Waals surface area contributed by atoms with Gasteiger partial charge in [-0.05, 0) is 87.6 Å². The number of anilines is 4. The Kier molecular flexibility index (Phi) is 17.1. The summed E-state index contributed by atoms with van der Waals surface area (Å²) < 4.78 is 48.5. The molecule has 1 unspecified atom stereocenters. The number of sulfone groups is 1. The summed E-state index contributed by atoms with van der Waals surface area (Å²) in [6.07, 6.45) is 2.83. The molecule has 0 spiro atoms. The third kappa shape index (κ3) is 12.3. The molecule has 1 fully saturated rings. The summed E-state index contributed by atoms with van der Waals surface area (Å²) in [4.78, 5) is 75.8. The number of fused-ring (bicyclic) bond motifs is 1. The van der Waals surface area contributed by atoms with Crippen molar-refractivity contribution in [3.05, 3.63) is 100 Å². The number of halogens is 1. The molecule has 1 saturated heterocycles. The van der Waals surface area contributed by atoms with Crippen LogP contribution in [0.4, 0.5) is 23.1 Å². The van der Waals surface area contributed by atoms with Gasteiger partial charge in [-0.1, -0.05) is 36.4 Å². The van der Waals surface area contributed by atoms with E-state index in [1.807, 2.05) is 19.1 Å². The number of aryl methyl sites for hydroxylation is 1. The van der Waals surface area contributed by atoms with Gasteiger partial charge in [-0.15, -0.1) is 0 Å². The molecule has 0 radical (unpaired) electrons. The Hall–Kier alpha value is -6.61. The summed E-state index contributed by atoms with van der Waals surface area (Å²) in [5.41, 5.74) is 3.45. The molecule has 2 aliphatic heterocycles. The van der Waals surface area contributed by atoms with Gasteiger partial charge in [-0.3, -0.25) is 28.9 Å². The van der Waals surface area contributed by atoms with Crippen LogP contribution in [0.25, 0.3) is 0 Å². The van der Waals surface area contributed by atoms with E-state index >= 15 is 0 Å². The van der Waals surface area contributed by atoms with Gasteiger partial charge < -0.3 is 45.1 Å². The number of hydrogen-bond acceptors (Lipinski definition) is 15. The van der Waals surface area contributed by atoms with E-state index in [2.05, 4.69) is 37.8 Å². The normalized spacial score (nSPS) is 14.7. The maximum absolute atomic E-state index is 13.3. The number of para-hydroxylation sites is 1. The minimum absolute atomic E-state index is 0.00812. The van der Waals surface area contributed by atoms with Crippen molar-refractivity contribution in [2.24, 2.45) is 0 Å². The molecular formula is C47H55ClN8O11S. The second-order valence-corrected chi connectivity index (χ2v) is 19.1. The van der Waals surface area contributed by atoms with Crippen molar-refractivity contribution in [3.63, 3.8) is 0 Å². The highest BCUT2D eigenvalue weighted by atomic mass is 35.5. The van der Waals surface area contributed by atoms with E-state index in [1.165, 1.54) is 24.4 Å². The number of likely N-dealkylation sites (N-methyl/N-ethyl adjacent to an activating group) is 1. The van der Waals surface area contributed by atoms with Crippen LogP contribution in [-0.4, -0.2) is 129 Å². The van der Waals surface area contributed by atoms with Gasteiger partial charge in [0.05, 0.1) is 78.8 Å². The van der Waals surface area contributed by atoms with Crippen LogP contribution >= 0.6 is 11.6 Å². The van der Waals surface area contributed by atoms with Crippen LogP contribution in [0.2, 0.25) is 5.02 Å². The van der Waals surface area contributed by atoms with Gasteiger partial charge in [0.2, 0.25) is 17.8 Å². The van der Waals surface area contributed by atoms with E-state index in [9.17, 15) is 32.4 Å². The van der Waals surface area contributed by atoms with E-state index in [0.717, 1.165) is 16.0 Å². The zero-order valence-electron chi connectivity index (χ0n) is 38.5. The van der Waals surface area contributed by atoms with Crippen LogP contribution in [0, 0.1) is 6.92 Å². The fraction of sp³-hybridized carbons (Fsp3) is 0.383. The topological polar surface area (TPSA) is 237 Å². The van der Waals surface area contributed by atoms with Crippen molar-refractivity contribution in [2.75, 3.05) is 70.9 Å². The summed E-state index contributed by atoms with van der Waals surface area (Å²) >= 11 is 6.43. The maximum Gasteiger partial charge on any atom is 0.266 e. The van der Waals surface area contributed by atoms with E-state index < -0.39 is 51.4 Å². The summed E-state index contributed by atoms with van der Waals surface area (Å²) in [5, 5.41) is 11.0. The van der Waals surface area contributed by atoms with Gasteiger partial charge in [-0.25, -0.2) is 13.4 Å². The van der Waals surface area contributed by atoms with Crippen LogP contribution in [-0.2, 0) is 40.1 Å². The number of piperidine rings is 1. The number of ether oxygens (including phenoxy) is 4. The quantitative estimate of drug-likeness (QED) is 0.0558. The first-order chi connectivity index (χ1) is 32.5. The Balaban J connectivity index is 0.872. The molecule has 2 aliphatic rings. The molecule has 362 valence electrons. The number of aromatic nitrogens is 2. The average Bonchev–Trinajstić information content (AvgIpc) is 3.56. The van der Waals surface area contributed by atoms with Crippen molar-refractivity contribution in [1.82, 2.24) is 30.4 Å². The lowest BCUT2D eigenvalue weighted by Crippen LogP contribution is -2.51. The Bertz CT molecular complexity index is 2680. The molecule has 3 aromatic carbocycles. The molecule has 1 atom stereocenters. The smallest absolute Gasteiger partial charge is 0.266 e. The van der Waals surface area contributed by atoms with E-state index in [-0.39, 0.29) is 90.3 Å². The summed E-state index contributed by atoms with van der Waals surface area (Å²) in [6.45, 7) is 9.98. The average molecular weight is 976 g/mol. The lowest BCUT2D eigenvalue weighted by atomic mass is 10.0. The molecule has 0 bridgehead atoms. The maximum atomic E-state index is 13.3. The largest absolute Gasteiger partial charge is 0.495 e. The number of benzene rings is 3. The van der Waals surface area contributed by atoms with Crippen molar-refractivity contribution in [1.29, 1.82) is 0 Å². The first-order valence-electron chi connectivity index (χ1n) is 21.9. The minimum atomic E-state index is -3.60. The van der Waals surface area contributed by atoms with Gasteiger partial charge in [0.1, 0.15) is 22.6 Å². The lowest BCUT2D eigenvalue weighted by Gasteiger charge is -2.29. The highest BCUT2D eigenvalue weighted by Crippen LogP contribution is 2.35. The lowest BCUT2D eigenvalue weighted by molar-refractivity contribution is -0.131. The zero-order chi connectivity index (χ0) is 49.1. The second-order valence-electron chi connectivity index (χ2n) is 16.2. The molecule has 6 rings (SSSR count). The summed E-state index contributed by atoms with van der Waals surface area (Å²) in [5.74, 6) is -1.31. The minimum Gasteiger partial charge on any atom is -0.495 e. The standard InChI is InChI=1S/C47H55ClN8O11S/c1-28(2)68(62,63)39-13-8-7-11-34(39)52-43-33(48)26-50-47(54-43)53-35-24-29(3)31(25-38(35)64-6)16-19-55(5)41(58)17-20-65-22-23-66-21-18-49-40(57)27-67-37-12-9-10-32-42(37)46(61)56(45(32)60)36-15-14-30(4)51-44(36)59/h7-13,24-26,28,36H,4,14-23,27H2,1-3,5-6H3,(H,49,57)(H,51,59)(H2,50,52,53,54). The number of imide groups is 1. The Morgan fingerprint density at radius 3 is 2.47 bits per heavy atom. The molecule has 21 heteroatoms. The van der Waals surface area contributed by atoms with Gasteiger partial charge in [0, 0.05) is 25.8 Å². The highest BCUT2D eigenvalue weighted by molar-refractivity contribution is 7.92. The highest BCUT2D eigenvalue weighted by Gasteiger charge is 2.45. The number of amides is 5. The van der Waals surface area contributed by atoms with Gasteiger partial charge in [0.25, 0.3) is 17.7 Å². The molecule has 3 heterocycles. The summed E-state index contributed by atoms with van der Waals surface area (Å²) in [7, 11) is -0.331. The molecule has 19 nitrogen and oxygen atoms in total. The van der Waals surface area contributed by atoms with E-state index in [1.54, 1.807) is 57.2 Å². The Morgan fingerprint density at radius 2 is 1.74 bits per heavy atom. The molecule has 68 heavy (non-hydrogen) atoms. The fourth-order valence-corrected chi connectivity index (χ4v) is 8.67. The third-order valence-electron chi connectivity index (χ3n) is 11.2. The number of rotatable bonds is 23. The number of carbonyl (C=O) groups excluding carboxylic acids is 5. The molecule has 5 amide bonds. The first-order valence-corrected chi connectivity index (χ1v) is 23.8. The van der Waals surface area contributed by atoms with E-state index in [4.69, 9.17) is 30.5 Å². The predicted octanol–water partition coefficient (Wildman–Crippen LogP) is 5.12. The first kappa shape index (κ1) is 50.8. The number of methoxy groups -OCH3 is 1. The summed E-state index contributed by atoms with van der Waals surface area (Å²) in [6, 6.07) is 13.9. The molecule has 4 N–H and O–H groups in total. The monoisotopic (exact) mass is 974 g/mol. The van der Waals surface area contributed by atoms with Crippen molar-refractivity contribution in [3.8, 4) is 11.5 Å². The van der Waals surface area contributed by atoms with Crippen LogP contribution in [0.1, 0.15) is 65.0 Å². The van der Waals surface area contributed by atoms with Gasteiger partial charge >= 0.3 is 0 Å². The van der Waals surface area contributed by atoms with Gasteiger partial charge in [-0.2, -0.15) is 4.98 Å². The van der Waals surface area contributed by atoms with Crippen LogP contribution < -0.4 is 30.7 Å². The predicted molar refractivity (Wildman–Crippen MR) is 253 cm³/mol. The number of nitrogens with zero attached hydrogens (tertiary/aromatic N) is 4.